The molecule has 1 fully saturated rings. The lowest BCUT2D eigenvalue weighted by Gasteiger charge is -2.24. The predicted molar refractivity (Wildman–Crippen MR) is 122 cm³/mol. The van der Waals surface area contributed by atoms with Crippen LogP contribution in [-0.2, 0) is 6.42 Å². The summed E-state index contributed by atoms with van der Waals surface area (Å²) in [6.45, 7) is 6.83. The first-order valence-corrected chi connectivity index (χ1v) is 11.3. The van der Waals surface area contributed by atoms with Crippen LogP contribution < -0.4 is 5.32 Å². The third kappa shape index (κ3) is 4.24. The van der Waals surface area contributed by atoms with Crippen molar-refractivity contribution < 1.29 is 4.79 Å². The van der Waals surface area contributed by atoms with Gasteiger partial charge in [-0.3, -0.25) is 9.78 Å². The molecule has 1 aromatic carbocycles. The summed E-state index contributed by atoms with van der Waals surface area (Å²) in [6, 6.07) is 13.0. The van der Waals surface area contributed by atoms with Crippen molar-refractivity contribution >= 4 is 22.4 Å². The van der Waals surface area contributed by atoms with E-state index < -0.39 is 0 Å². The Labute approximate surface area is 182 Å². The molecular formula is C24H28N4OS. The van der Waals surface area contributed by atoms with Gasteiger partial charge in [-0.1, -0.05) is 41.2 Å². The molecule has 1 unspecified atom stereocenters. The normalized spacial score (nSPS) is 16.1. The number of amides is 1. The topological polar surface area (TPSA) is 58.1 Å². The highest BCUT2D eigenvalue weighted by Gasteiger charge is 2.33. The minimum Gasteiger partial charge on any atom is -0.365 e. The third-order valence-corrected chi connectivity index (χ3v) is 6.75. The molecule has 0 spiro atoms. The lowest BCUT2D eigenvalue weighted by atomic mass is 10.0. The van der Waals surface area contributed by atoms with Crippen LogP contribution in [0, 0.1) is 20.8 Å². The molecule has 156 valence electrons. The van der Waals surface area contributed by atoms with Gasteiger partial charge in [-0.05, 0) is 63.3 Å². The summed E-state index contributed by atoms with van der Waals surface area (Å²) >= 11 is 1.43. The molecule has 5 nitrogen and oxygen atoms in total. The van der Waals surface area contributed by atoms with Gasteiger partial charge in [-0.25, -0.2) is 4.98 Å². The minimum absolute atomic E-state index is 0.0215. The van der Waals surface area contributed by atoms with E-state index in [-0.39, 0.29) is 11.9 Å². The Bertz CT molecular complexity index is 1070. The van der Waals surface area contributed by atoms with Crippen LogP contribution in [0.5, 0.6) is 0 Å². The van der Waals surface area contributed by atoms with Crippen LogP contribution in [0.4, 0.5) is 5.13 Å². The van der Waals surface area contributed by atoms with E-state index in [1.165, 1.54) is 28.0 Å². The van der Waals surface area contributed by atoms with E-state index in [1.54, 1.807) is 0 Å². The number of carbonyl (C=O) groups excluding carboxylic acids is 1. The van der Waals surface area contributed by atoms with E-state index in [2.05, 4.69) is 53.6 Å². The highest BCUT2D eigenvalue weighted by atomic mass is 32.1. The molecule has 30 heavy (non-hydrogen) atoms. The Kier molecular flexibility index (Phi) is 5.86. The Morgan fingerprint density at radius 2 is 2.00 bits per heavy atom. The highest BCUT2D eigenvalue weighted by Crippen LogP contribution is 2.35. The maximum atomic E-state index is 13.3. The van der Waals surface area contributed by atoms with Gasteiger partial charge in [0.05, 0.1) is 17.4 Å². The molecule has 0 radical (unpaired) electrons. The largest absolute Gasteiger partial charge is 0.365 e. The number of pyridine rings is 1. The average molecular weight is 421 g/mol. The van der Waals surface area contributed by atoms with Crippen molar-refractivity contribution in [2.24, 2.45) is 0 Å². The number of aryl methyl sites for hydroxylation is 3. The zero-order chi connectivity index (χ0) is 21.3. The number of carbonyl (C=O) groups is 1. The molecule has 1 N–H and O–H groups in total. The SMILES string of the molecule is CNc1nc(C)c(C(=O)N2CCCC2c2cc(Cc3cccc(C)c3)cc(C)n2)s1. The fraction of sp³-hybridized carbons (Fsp3) is 0.375. The Morgan fingerprint density at radius 1 is 1.17 bits per heavy atom. The van der Waals surface area contributed by atoms with Gasteiger partial charge in [0.15, 0.2) is 5.13 Å². The molecule has 3 aromatic rings. The lowest BCUT2D eigenvalue weighted by Crippen LogP contribution is -2.31. The summed E-state index contributed by atoms with van der Waals surface area (Å²) < 4.78 is 0. The summed E-state index contributed by atoms with van der Waals surface area (Å²) in [6.07, 6.45) is 2.82. The van der Waals surface area contributed by atoms with E-state index in [0.717, 1.165) is 52.9 Å². The number of benzene rings is 1. The van der Waals surface area contributed by atoms with Crippen LogP contribution in [0.15, 0.2) is 36.4 Å². The number of nitrogens with one attached hydrogen (secondary N) is 1. The van der Waals surface area contributed by atoms with Crippen molar-refractivity contribution in [3.05, 3.63) is 75.0 Å². The number of nitrogens with zero attached hydrogens (tertiary/aromatic N) is 3. The molecule has 3 heterocycles. The molecule has 6 heteroatoms. The maximum absolute atomic E-state index is 13.3. The van der Waals surface area contributed by atoms with Gasteiger partial charge in [0.25, 0.3) is 5.91 Å². The number of thiazole rings is 1. The van der Waals surface area contributed by atoms with E-state index in [9.17, 15) is 4.79 Å². The van der Waals surface area contributed by atoms with Crippen molar-refractivity contribution in [3.8, 4) is 0 Å². The summed E-state index contributed by atoms with van der Waals surface area (Å²) in [4.78, 5) is 25.3. The molecule has 0 bridgehead atoms. The van der Waals surface area contributed by atoms with Crippen LogP contribution in [0.1, 0.15) is 62.3 Å². The monoisotopic (exact) mass is 420 g/mol. The van der Waals surface area contributed by atoms with Gasteiger partial charge >= 0.3 is 0 Å². The zero-order valence-electron chi connectivity index (χ0n) is 18.0. The van der Waals surface area contributed by atoms with Gasteiger partial charge < -0.3 is 10.2 Å². The van der Waals surface area contributed by atoms with E-state index >= 15 is 0 Å². The van der Waals surface area contributed by atoms with Crippen LogP contribution in [-0.4, -0.2) is 34.4 Å². The number of aromatic nitrogens is 2. The summed E-state index contributed by atoms with van der Waals surface area (Å²) in [5.41, 5.74) is 6.60. The molecule has 1 aliphatic rings. The maximum Gasteiger partial charge on any atom is 0.266 e. The van der Waals surface area contributed by atoms with Gasteiger partial charge in [0.1, 0.15) is 4.88 Å². The smallest absolute Gasteiger partial charge is 0.266 e. The van der Waals surface area contributed by atoms with Crippen molar-refractivity contribution in [1.29, 1.82) is 0 Å². The second-order valence-corrected chi connectivity index (χ2v) is 9.05. The molecule has 1 amide bonds. The van der Waals surface area contributed by atoms with Crippen LogP contribution >= 0.6 is 11.3 Å². The average Bonchev–Trinajstić information content (AvgIpc) is 3.34. The van der Waals surface area contributed by atoms with Crippen molar-refractivity contribution in [2.45, 2.75) is 46.1 Å². The molecule has 2 aromatic heterocycles. The second-order valence-electron chi connectivity index (χ2n) is 8.05. The highest BCUT2D eigenvalue weighted by molar-refractivity contribution is 7.17. The zero-order valence-corrected chi connectivity index (χ0v) is 18.8. The molecule has 1 saturated heterocycles. The predicted octanol–water partition coefficient (Wildman–Crippen LogP) is 5.07. The Hall–Kier alpha value is -2.73. The number of hydrogen-bond donors (Lipinski definition) is 1. The second kappa shape index (κ2) is 8.56. The van der Waals surface area contributed by atoms with Crippen molar-refractivity contribution in [3.63, 3.8) is 0 Å². The van der Waals surface area contributed by atoms with Crippen molar-refractivity contribution in [1.82, 2.24) is 14.9 Å². The molecule has 0 aliphatic carbocycles. The molecular weight excluding hydrogens is 392 g/mol. The fourth-order valence-electron chi connectivity index (χ4n) is 4.25. The van der Waals surface area contributed by atoms with Crippen LogP contribution in [0.2, 0.25) is 0 Å². The number of rotatable bonds is 5. The first kappa shape index (κ1) is 20.5. The van der Waals surface area contributed by atoms with E-state index in [1.807, 2.05) is 25.8 Å². The van der Waals surface area contributed by atoms with Crippen LogP contribution in [0.3, 0.4) is 0 Å². The Morgan fingerprint density at radius 3 is 2.73 bits per heavy atom. The number of likely N-dealkylation sites (tertiary alicyclic amines) is 1. The Balaban J connectivity index is 1.61. The fourth-order valence-corrected chi connectivity index (χ4v) is 5.12. The number of hydrogen-bond acceptors (Lipinski definition) is 5. The van der Waals surface area contributed by atoms with E-state index in [0.29, 0.717) is 0 Å². The summed E-state index contributed by atoms with van der Waals surface area (Å²) in [7, 11) is 1.83. The molecule has 4 rings (SSSR count). The summed E-state index contributed by atoms with van der Waals surface area (Å²) in [5, 5.41) is 3.82. The van der Waals surface area contributed by atoms with E-state index in [4.69, 9.17) is 4.98 Å². The molecule has 0 saturated carbocycles. The van der Waals surface area contributed by atoms with Crippen LogP contribution in [0.25, 0.3) is 0 Å². The van der Waals surface area contributed by atoms with Gasteiger partial charge in [0, 0.05) is 19.3 Å². The van der Waals surface area contributed by atoms with Crippen molar-refractivity contribution in [2.75, 3.05) is 18.9 Å². The summed E-state index contributed by atoms with van der Waals surface area (Å²) in [5.74, 6) is 0.0672. The molecule has 1 aliphatic heterocycles. The lowest BCUT2D eigenvalue weighted by molar-refractivity contribution is 0.0736. The van der Waals surface area contributed by atoms with Gasteiger partial charge in [0.2, 0.25) is 0 Å². The van der Waals surface area contributed by atoms with Gasteiger partial charge in [-0.15, -0.1) is 0 Å². The standard InChI is InChI=1S/C24H28N4OS/c1-15-7-5-8-18(11-15)13-19-12-16(2)26-20(14-19)21-9-6-10-28(21)23(29)22-17(3)27-24(25-4)30-22/h5,7-8,11-12,14,21H,6,9-10,13H2,1-4H3,(H,25,27). The first-order chi connectivity index (χ1) is 14.4. The quantitative estimate of drug-likeness (QED) is 0.626. The third-order valence-electron chi connectivity index (χ3n) is 5.58. The number of anilines is 1. The molecule has 1 atom stereocenters. The minimum atomic E-state index is 0.0215. The van der Waals surface area contributed by atoms with Gasteiger partial charge in [-0.2, -0.15) is 0 Å². The first-order valence-electron chi connectivity index (χ1n) is 10.4.